The number of nitrogens with zero attached hydrogens (tertiary/aromatic N) is 1. The molecule has 22 heavy (non-hydrogen) atoms. The van der Waals surface area contributed by atoms with Gasteiger partial charge in [0, 0.05) is 25.7 Å². The van der Waals surface area contributed by atoms with Gasteiger partial charge in [-0.1, -0.05) is 6.08 Å². The van der Waals surface area contributed by atoms with Crippen molar-refractivity contribution in [2.75, 3.05) is 32.1 Å². The first kappa shape index (κ1) is 15.9. The highest BCUT2D eigenvalue weighted by atomic mass is 16.5. The fourth-order valence-electron chi connectivity index (χ4n) is 2.18. The molecule has 6 nitrogen and oxygen atoms in total. The molecule has 0 spiro atoms. The number of nitrogens with one attached hydrogen (secondary N) is 3. The van der Waals surface area contributed by atoms with Gasteiger partial charge in [-0.25, -0.2) is 0 Å². The number of ether oxygens (including phenoxy) is 1. The van der Waals surface area contributed by atoms with Gasteiger partial charge in [-0.15, -0.1) is 6.58 Å². The fourth-order valence-corrected chi connectivity index (χ4v) is 2.18. The zero-order valence-electron chi connectivity index (χ0n) is 12.8. The lowest BCUT2D eigenvalue weighted by molar-refractivity contribution is -0.116. The molecule has 6 heteroatoms. The third kappa shape index (κ3) is 4.51. The Morgan fingerprint density at radius 2 is 2.32 bits per heavy atom. The third-order valence-electron chi connectivity index (χ3n) is 3.27. The second kappa shape index (κ2) is 8.07. The molecule has 2 rings (SSSR count). The van der Waals surface area contributed by atoms with Gasteiger partial charge in [-0.05, 0) is 30.2 Å². The van der Waals surface area contributed by atoms with Crippen LogP contribution < -0.4 is 20.7 Å². The van der Waals surface area contributed by atoms with Crippen LogP contribution in [-0.2, 0) is 11.2 Å². The van der Waals surface area contributed by atoms with Crippen molar-refractivity contribution < 1.29 is 9.53 Å². The number of carbonyl (C=O) groups excluding carboxylic acids is 1. The largest absolute Gasteiger partial charge is 0.492 e. The first-order chi connectivity index (χ1) is 10.7. The highest BCUT2D eigenvalue weighted by Crippen LogP contribution is 2.26. The number of anilines is 1. The van der Waals surface area contributed by atoms with E-state index in [0.29, 0.717) is 26.1 Å². The number of amides is 1. The van der Waals surface area contributed by atoms with Gasteiger partial charge in [-0.3, -0.25) is 9.79 Å². The molecule has 1 aliphatic rings. The van der Waals surface area contributed by atoms with Crippen LogP contribution in [-0.4, -0.2) is 38.6 Å². The van der Waals surface area contributed by atoms with E-state index in [1.54, 1.807) is 13.1 Å². The van der Waals surface area contributed by atoms with Gasteiger partial charge >= 0.3 is 0 Å². The van der Waals surface area contributed by atoms with Crippen molar-refractivity contribution in [2.45, 2.75) is 12.8 Å². The molecule has 1 amide bonds. The third-order valence-corrected chi connectivity index (χ3v) is 3.27. The Morgan fingerprint density at radius 1 is 1.45 bits per heavy atom. The van der Waals surface area contributed by atoms with E-state index in [-0.39, 0.29) is 5.91 Å². The lowest BCUT2D eigenvalue weighted by Crippen LogP contribution is -2.39. The Morgan fingerprint density at radius 3 is 3.09 bits per heavy atom. The van der Waals surface area contributed by atoms with Gasteiger partial charge in [-0.2, -0.15) is 0 Å². The zero-order chi connectivity index (χ0) is 15.8. The van der Waals surface area contributed by atoms with Crippen LogP contribution >= 0.6 is 0 Å². The molecule has 0 bridgehead atoms. The van der Waals surface area contributed by atoms with E-state index in [1.165, 1.54) is 0 Å². The Hall–Kier alpha value is -2.50. The molecule has 0 aliphatic carbocycles. The highest BCUT2D eigenvalue weighted by molar-refractivity contribution is 5.94. The minimum atomic E-state index is 0.0729. The van der Waals surface area contributed by atoms with Gasteiger partial charge < -0.3 is 20.7 Å². The SMILES string of the molecule is C=CCNC(=NC)NCCOc1ccc2c(c1)CCC(=O)N2. The molecule has 0 fully saturated rings. The van der Waals surface area contributed by atoms with E-state index in [2.05, 4.69) is 27.5 Å². The monoisotopic (exact) mass is 302 g/mol. The van der Waals surface area contributed by atoms with Crippen molar-refractivity contribution in [3.63, 3.8) is 0 Å². The molecule has 1 aromatic rings. The Labute approximate surface area is 130 Å². The van der Waals surface area contributed by atoms with Crippen LogP contribution in [0.15, 0.2) is 35.8 Å². The summed E-state index contributed by atoms with van der Waals surface area (Å²) in [6, 6.07) is 5.74. The van der Waals surface area contributed by atoms with Crippen LogP contribution in [0.5, 0.6) is 5.75 Å². The van der Waals surface area contributed by atoms with E-state index in [9.17, 15) is 4.79 Å². The van der Waals surface area contributed by atoms with Crippen LogP contribution in [0.4, 0.5) is 5.69 Å². The Bertz CT molecular complexity index is 569. The summed E-state index contributed by atoms with van der Waals surface area (Å²) in [5.74, 6) is 1.60. The maximum atomic E-state index is 11.3. The molecule has 0 saturated heterocycles. The number of hydrogen-bond donors (Lipinski definition) is 3. The highest BCUT2D eigenvalue weighted by Gasteiger charge is 2.14. The molecule has 0 unspecified atom stereocenters. The van der Waals surface area contributed by atoms with E-state index in [0.717, 1.165) is 29.4 Å². The molecular formula is C16H22N4O2. The average molecular weight is 302 g/mol. The standard InChI is InChI=1S/C16H22N4O2/c1-3-8-18-16(17-2)19-9-10-22-13-5-6-14-12(11-13)4-7-15(21)20-14/h3,5-6,11H,1,4,7-10H2,2H3,(H,20,21)(H2,17,18,19). The van der Waals surface area contributed by atoms with Gasteiger partial charge in [0.1, 0.15) is 12.4 Å². The van der Waals surface area contributed by atoms with Gasteiger partial charge in [0.15, 0.2) is 5.96 Å². The lowest BCUT2D eigenvalue weighted by atomic mass is 10.0. The van der Waals surface area contributed by atoms with Crippen molar-refractivity contribution in [1.29, 1.82) is 0 Å². The Kier molecular flexibility index (Phi) is 5.82. The average Bonchev–Trinajstić information content (AvgIpc) is 2.54. The van der Waals surface area contributed by atoms with Gasteiger partial charge in [0.05, 0.1) is 6.54 Å². The van der Waals surface area contributed by atoms with Crippen LogP contribution in [0.25, 0.3) is 0 Å². The number of aliphatic imine (C=N–C) groups is 1. The number of fused-ring (bicyclic) bond motifs is 1. The molecule has 1 aliphatic heterocycles. The number of carbonyl (C=O) groups is 1. The van der Waals surface area contributed by atoms with Crippen molar-refractivity contribution in [2.24, 2.45) is 4.99 Å². The van der Waals surface area contributed by atoms with Crippen molar-refractivity contribution in [3.8, 4) is 5.75 Å². The predicted octanol–water partition coefficient (Wildman–Crippen LogP) is 1.30. The maximum absolute atomic E-state index is 11.3. The van der Waals surface area contributed by atoms with E-state index in [1.807, 2.05) is 18.2 Å². The van der Waals surface area contributed by atoms with Crippen LogP contribution in [0.3, 0.4) is 0 Å². The molecule has 0 saturated carbocycles. The molecule has 0 radical (unpaired) electrons. The number of rotatable bonds is 6. The second-order valence-corrected chi connectivity index (χ2v) is 4.88. The number of hydrogen-bond acceptors (Lipinski definition) is 3. The molecule has 3 N–H and O–H groups in total. The summed E-state index contributed by atoms with van der Waals surface area (Å²) < 4.78 is 5.72. The first-order valence-corrected chi connectivity index (χ1v) is 7.34. The maximum Gasteiger partial charge on any atom is 0.224 e. The number of guanidine groups is 1. The Balaban J connectivity index is 1.78. The zero-order valence-corrected chi connectivity index (χ0v) is 12.8. The molecular weight excluding hydrogens is 280 g/mol. The van der Waals surface area contributed by atoms with E-state index < -0.39 is 0 Å². The van der Waals surface area contributed by atoms with Crippen LogP contribution in [0.1, 0.15) is 12.0 Å². The second-order valence-electron chi connectivity index (χ2n) is 4.88. The predicted molar refractivity (Wildman–Crippen MR) is 88.4 cm³/mol. The van der Waals surface area contributed by atoms with E-state index in [4.69, 9.17) is 4.74 Å². The summed E-state index contributed by atoms with van der Waals surface area (Å²) in [5, 5.41) is 9.10. The number of benzene rings is 1. The summed E-state index contributed by atoms with van der Waals surface area (Å²) in [6.45, 7) is 5.48. The summed E-state index contributed by atoms with van der Waals surface area (Å²) in [5.41, 5.74) is 2.00. The molecule has 1 heterocycles. The minimum absolute atomic E-state index is 0.0729. The van der Waals surface area contributed by atoms with Crippen molar-refractivity contribution in [3.05, 3.63) is 36.4 Å². The fraction of sp³-hybridized carbons (Fsp3) is 0.375. The molecule has 0 aromatic heterocycles. The normalized spacial score (nSPS) is 13.9. The molecule has 1 aromatic carbocycles. The van der Waals surface area contributed by atoms with Crippen molar-refractivity contribution in [1.82, 2.24) is 10.6 Å². The van der Waals surface area contributed by atoms with Gasteiger partial charge in [0.2, 0.25) is 5.91 Å². The quantitative estimate of drug-likeness (QED) is 0.320. The number of aryl methyl sites for hydroxylation is 1. The van der Waals surface area contributed by atoms with Crippen LogP contribution in [0, 0.1) is 0 Å². The molecule has 118 valence electrons. The lowest BCUT2D eigenvalue weighted by Gasteiger charge is -2.18. The minimum Gasteiger partial charge on any atom is -0.492 e. The summed E-state index contributed by atoms with van der Waals surface area (Å²) in [7, 11) is 1.72. The summed E-state index contributed by atoms with van der Waals surface area (Å²) in [4.78, 5) is 15.4. The van der Waals surface area contributed by atoms with Gasteiger partial charge in [0.25, 0.3) is 0 Å². The molecule has 0 atom stereocenters. The summed E-state index contributed by atoms with van der Waals surface area (Å²) >= 11 is 0. The van der Waals surface area contributed by atoms with Crippen LogP contribution in [0.2, 0.25) is 0 Å². The van der Waals surface area contributed by atoms with Crippen molar-refractivity contribution >= 4 is 17.6 Å². The summed E-state index contributed by atoms with van der Waals surface area (Å²) in [6.07, 6.45) is 3.06. The van der Waals surface area contributed by atoms with E-state index >= 15 is 0 Å². The topological polar surface area (TPSA) is 74.8 Å². The smallest absolute Gasteiger partial charge is 0.224 e. The first-order valence-electron chi connectivity index (χ1n) is 7.34.